The van der Waals surface area contributed by atoms with Crippen LogP contribution in [0.4, 0.5) is 9.18 Å². The lowest BCUT2D eigenvalue weighted by molar-refractivity contribution is -0.119. The molecule has 0 saturated carbocycles. The fourth-order valence-electron chi connectivity index (χ4n) is 3.93. The number of likely N-dealkylation sites (tertiary alicyclic amines) is 2. The summed E-state index contributed by atoms with van der Waals surface area (Å²) in [4.78, 5) is 28.9. The van der Waals surface area contributed by atoms with Gasteiger partial charge in [-0.2, -0.15) is 0 Å². The number of nitrogens with two attached hydrogens (primary N) is 1. The van der Waals surface area contributed by atoms with Crippen molar-refractivity contribution in [2.24, 2.45) is 5.73 Å². The van der Waals surface area contributed by atoms with Crippen LogP contribution >= 0.6 is 0 Å². The Kier molecular flexibility index (Phi) is 6.28. The zero-order chi connectivity index (χ0) is 19.4. The van der Waals surface area contributed by atoms with E-state index in [0.29, 0.717) is 11.6 Å². The topological polar surface area (TPSA) is 90.7 Å². The highest BCUT2D eigenvalue weighted by molar-refractivity contribution is 5.87. The Morgan fingerprint density at radius 2 is 1.81 bits per heavy atom. The van der Waals surface area contributed by atoms with E-state index in [1.54, 1.807) is 0 Å². The molecule has 0 radical (unpaired) electrons. The van der Waals surface area contributed by atoms with Crippen molar-refractivity contribution in [3.05, 3.63) is 35.6 Å². The molecule has 2 unspecified atom stereocenters. The average molecular weight is 377 g/mol. The van der Waals surface area contributed by atoms with Crippen LogP contribution in [0.15, 0.2) is 24.3 Å². The van der Waals surface area contributed by atoms with Crippen molar-refractivity contribution in [2.45, 2.75) is 37.4 Å². The summed E-state index contributed by atoms with van der Waals surface area (Å²) in [5.41, 5.74) is 5.86. The minimum Gasteiger partial charge on any atom is -0.368 e. The van der Waals surface area contributed by atoms with Crippen LogP contribution in [-0.4, -0.2) is 67.0 Å². The summed E-state index contributed by atoms with van der Waals surface area (Å²) in [6.07, 6.45) is 3.20. The first-order valence-electron chi connectivity index (χ1n) is 9.47. The number of nitrogens with one attached hydrogen (secondary N) is 2. The Balaban J connectivity index is 1.51. The number of hydrogen-bond donors (Lipinski definition) is 3. The lowest BCUT2D eigenvalue weighted by atomic mass is 10.0. The van der Waals surface area contributed by atoms with Crippen LogP contribution in [-0.2, 0) is 4.79 Å². The van der Waals surface area contributed by atoms with Crippen molar-refractivity contribution >= 4 is 11.9 Å². The molecule has 1 aromatic rings. The van der Waals surface area contributed by atoms with E-state index >= 15 is 0 Å². The number of carbonyl (C=O) groups excluding carboxylic acids is 2. The summed E-state index contributed by atoms with van der Waals surface area (Å²) in [6, 6.07) is 4.57. The summed E-state index contributed by atoms with van der Waals surface area (Å²) < 4.78 is 13.1. The third-order valence-corrected chi connectivity index (χ3v) is 5.52. The molecule has 2 atom stereocenters. The van der Waals surface area contributed by atoms with E-state index < -0.39 is 23.8 Å². The number of piperidine rings is 1. The first-order chi connectivity index (χ1) is 12.9. The third-order valence-electron chi connectivity index (χ3n) is 5.52. The van der Waals surface area contributed by atoms with Crippen LogP contribution < -0.4 is 16.4 Å². The molecule has 0 aromatic heterocycles. The van der Waals surface area contributed by atoms with Gasteiger partial charge in [0.05, 0.1) is 0 Å². The lowest BCUT2D eigenvalue weighted by Gasteiger charge is -2.35. The SMILES string of the molecule is CN1CCC(N2CCC(NC(=O)NC(C(N)=O)c3ccc(F)cc3)C2)CC1. The maximum Gasteiger partial charge on any atom is 0.315 e. The Hall–Kier alpha value is -2.19. The minimum absolute atomic E-state index is 0.0476. The smallest absolute Gasteiger partial charge is 0.315 e. The Labute approximate surface area is 159 Å². The number of halogens is 1. The fourth-order valence-corrected chi connectivity index (χ4v) is 3.93. The van der Waals surface area contributed by atoms with Gasteiger partial charge in [-0.05, 0) is 57.1 Å². The molecule has 2 fully saturated rings. The van der Waals surface area contributed by atoms with E-state index in [1.807, 2.05) is 0 Å². The molecule has 1 aromatic carbocycles. The maximum atomic E-state index is 13.1. The van der Waals surface area contributed by atoms with Crippen LogP contribution in [0.1, 0.15) is 30.9 Å². The molecular formula is C19H28FN5O2. The van der Waals surface area contributed by atoms with Crippen molar-refractivity contribution in [3.8, 4) is 0 Å². The van der Waals surface area contributed by atoms with Gasteiger partial charge in [0.1, 0.15) is 11.9 Å². The largest absolute Gasteiger partial charge is 0.368 e. The average Bonchev–Trinajstić information content (AvgIpc) is 3.09. The predicted molar refractivity (Wildman–Crippen MR) is 100 cm³/mol. The van der Waals surface area contributed by atoms with Crippen molar-refractivity contribution in [3.63, 3.8) is 0 Å². The third kappa shape index (κ3) is 5.17. The number of nitrogens with zero attached hydrogens (tertiary/aromatic N) is 2. The molecule has 0 spiro atoms. The van der Waals surface area contributed by atoms with Gasteiger partial charge in [0, 0.05) is 25.2 Å². The molecule has 4 N–H and O–H groups in total. The molecule has 2 aliphatic rings. The zero-order valence-corrected chi connectivity index (χ0v) is 15.7. The first-order valence-corrected chi connectivity index (χ1v) is 9.47. The second kappa shape index (κ2) is 8.67. The second-order valence-electron chi connectivity index (χ2n) is 7.52. The van der Waals surface area contributed by atoms with E-state index in [9.17, 15) is 14.0 Å². The van der Waals surface area contributed by atoms with Crippen LogP contribution in [0.25, 0.3) is 0 Å². The molecular weight excluding hydrogens is 349 g/mol. The fraction of sp³-hybridized carbons (Fsp3) is 0.579. The standard InChI is InChI=1S/C19H28FN5O2/c1-24-9-7-16(8-10-24)25-11-6-15(12-25)22-19(27)23-17(18(21)26)13-2-4-14(20)5-3-13/h2-5,15-17H,6-12H2,1H3,(H2,21,26)(H2,22,23,27). The molecule has 2 saturated heterocycles. The second-order valence-corrected chi connectivity index (χ2v) is 7.52. The van der Waals surface area contributed by atoms with Gasteiger partial charge in [0.25, 0.3) is 0 Å². The maximum absolute atomic E-state index is 13.1. The normalized spacial score (nSPS) is 23.1. The molecule has 3 amide bonds. The minimum atomic E-state index is -0.989. The van der Waals surface area contributed by atoms with Crippen molar-refractivity contribution < 1.29 is 14.0 Å². The van der Waals surface area contributed by atoms with Gasteiger partial charge in [-0.3, -0.25) is 9.69 Å². The van der Waals surface area contributed by atoms with Gasteiger partial charge < -0.3 is 21.3 Å². The molecule has 3 rings (SSSR count). The number of primary amides is 1. The van der Waals surface area contributed by atoms with Gasteiger partial charge in [-0.1, -0.05) is 12.1 Å². The lowest BCUT2D eigenvalue weighted by Crippen LogP contribution is -2.48. The summed E-state index contributed by atoms with van der Waals surface area (Å²) >= 11 is 0. The van der Waals surface area contributed by atoms with Gasteiger partial charge in [-0.15, -0.1) is 0 Å². The monoisotopic (exact) mass is 377 g/mol. The van der Waals surface area contributed by atoms with Crippen LogP contribution in [0, 0.1) is 5.82 Å². The number of benzene rings is 1. The van der Waals surface area contributed by atoms with Crippen LogP contribution in [0.2, 0.25) is 0 Å². The van der Waals surface area contributed by atoms with Gasteiger partial charge >= 0.3 is 6.03 Å². The highest BCUT2D eigenvalue weighted by Crippen LogP contribution is 2.21. The van der Waals surface area contributed by atoms with E-state index in [2.05, 4.69) is 27.5 Å². The molecule has 2 heterocycles. The van der Waals surface area contributed by atoms with E-state index in [-0.39, 0.29) is 6.04 Å². The summed E-state index contributed by atoms with van der Waals surface area (Å²) in [6.45, 7) is 4.01. The molecule has 0 aliphatic carbocycles. The Bertz CT molecular complexity index is 661. The zero-order valence-electron chi connectivity index (χ0n) is 15.7. The molecule has 148 valence electrons. The van der Waals surface area contributed by atoms with Gasteiger partial charge in [-0.25, -0.2) is 9.18 Å². The molecule has 8 heteroatoms. The number of rotatable bonds is 5. The highest BCUT2D eigenvalue weighted by atomic mass is 19.1. The highest BCUT2D eigenvalue weighted by Gasteiger charge is 2.31. The quantitative estimate of drug-likeness (QED) is 0.709. The molecule has 2 aliphatic heterocycles. The predicted octanol–water partition coefficient (Wildman–Crippen LogP) is 0.820. The number of hydrogen-bond acceptors (Lipinski definition) is 4. The van der Waals surface area contributed by atoms with Gasteiger partial charge in [0.2, 0.25) is 5.91 Å². The number of amides is 3. The Morgan fingerprint density at radius 3 is 2.44 bits per heavy atom. The first kappa shape index (κ1) is 19.6. The molecule has 7 nitrogen and oxygen atoms in total. The van der Waals surface area contributed by atoms with Crippen molar-refractivity contribution in [1.29, 1.82) is 0 Å². The van der Waals surface area contributed by atoms with Crippen molar-refractivity contribution in [1.82, 2.24) is 20.4 Å². The van der Waals surface area contributed by atoms with Crippen LogP contribution in [0.5, 0.6) is 0 Å². The molecule has 27 heavy (non-hydrogen) atoms. The Morgan fingerprint density at radius 1 is 1.15 bits per heavy atom. The van der Waals surface area contributed by atoms with Crippen molar-refractivity contribution in [2.75, 3.05) is 33.2 Å². The van der Waals surface area contributed by atoms with E-state index in [1.165, 1.54) is 24.3 Å². The van der Waals surface area contributed by atoms with E-state index in [4.69, 9.17) is 5.73 Å². The summed E-state index contributed by atoms with van der Waals surface area (Å²) in [5, 5.41) is 5.55. The molecule has 0 bridgehead atoms. The van der Waals surface area contributed by atoms with Gasteiger partial charge in [0.15, 0.2) is 0 Å². The summed E-state index contributed by atoms with van der Waals surface area (Å²) in [5.74, 6) is -1.09. The van der Waals surface area contributed by atoms with E-state index in [0.717, 1.165) is 45.4 Å². The summed E-state index contributed by atoms with van der Waals surface area (Å²) in [7, 11) is 2.14. The van der Waals surface area contributed by atoms with Crippen LogP contribution in [0.3, 0.4) is 0 Å². The number of urea groups is 1. The number of carbonyl (C=O) groups is 2.